The summed E-state index contributed by atoms with van der Waals surface area (Å²) in [5.41, 5.74) is 6.86. The number of halogens is 2. The van der Waals surface area contributed by atoms with Gasteiger partial charge in [0.05, 0.1) is 6.61 Å². The van der Waals surface area contributed by atoms with Crippen molar-refractivity contribution in [1.82, 2.24) is 15.8 Å². The van der Waals surface area contributed by atoms with Crippen LogP contribution in [0.3, 0.4) is 0 Å². The smallest absolute Gasteiger partial charge is 0.266 e. The standard InChI is InChI=1S/C33H38Cl2N4O4/c1-39(2)20-7-19-36-38-32(41)33(18-6-11-24-9-4-3-5-10-24)30(28-17-14-26(34)23-29(28)35)43-31(37-33)25-12-15-27(16-13-25)42-22-8-21-40/h3-6,9-17,23,30,36,40H,7-8,18-22H2,1-2H3,(H,38,41)/b11-6+/t30-,33-/m0/s1. The van der Waals surface area contributed by atoms with E-state index in [9.17, 15) is 4.79 Å². The summed E-state index contributed by atoms with van der Waals surface area (Å²) in [6, 6.07) is 22.3. The maximum Gasteiger partial charge on any atom is 0.266 e. The van der Waals surface area contributed by atoms with E-state index in [-0.39, 0.29) is 18.9 Å². The van der Waals surface area contributed by atoms with Gasteiger partial charge < -0.3 is 19.5 Å². The molecule has 43 heavy (non-hydrogen) atoms. The van der Waals surface area contributed by atoms with Crippen molar-refractivity contribution in [3.8, 4) is 5.75 Å². The normalized spacial score (nSPS) is 18.1. The van der Waals surface area contributed by atoms with Crippen LogP contribution in [0.1, 0.15) is 42.1 Å². The van der Waals surface area contributed by atoms with E-state index < -0.39 is 11.6 Å². The van der Waals surface area contributed by atoms with E-state index >= 15 is 0 Å². The number of carbonyl (C=O) groups is 1. The first-order chi connectivity index (χ1) is 20.8. The zero-order chi connectivity index (χ0) is 30.7. The number of benzene rings is 3. The van der Waals surface area contributed by atoms with E-state index in [0.717, 1.165) is 18.5 Å². The highest BCUT2D eigenvalue weighted by Crippen LogP contribution is 2.45. The molecule has 8 nitrogen and oxygen atoms in total. The van der Waals surface area contributed by atoms with Gasteiger partial charge in [-0.2, -0.15) is 0 Å². The molecule has 228 valence electrons. The molecule has 0 bridgehead atoms. The number of nitrogens with zero attached hydrogens (tertiary/aromatic N) is 2. The molecule has 0 aromatic heterocycles. The van der Waals surface area contributed by atoms with Gasteiger partial charge in [0.25, 0.3) is 5.91 Å². The second-order valence-electron chi connectivity index (χ2n) is 10.5. The second kappa shape index (κ2) is 15.9. The van der Waals surface area contributed by atoms with Gasteiger partial charge in [0.15, 0.2) is 11.6 Å². The van der Waals surface area contributed by atoms with Gasteiger partial charge in [-0.15, -0.1) is 0 Å². The highest BCUT2D eigenvalue weighted by molar-refractivity contribution is 6.35. The first-order valence-corrected chi connectivity index (χ1v) is 15.0. The van der Waals surface area contributed by atoms with Crippen molar-refractivity contribution < 1.29 is 19.4 Å². The van der Waals surface area contributed by atoms with Gasteiger partial charge in [0.2, 0.25) is 5.90 Å². The number of carbonyl (C=O) groups excluding carboxylic acids is 1. The molecule has 3 N–H and O–H groups in total. The summed E-state index contributed by atoms with van der Waals surface area (Å²) >= 11 is 12.9. The molecule has 0 saturated heterocycles. The maximum atomic E-state index is 14.1. The average Bonchev–Trinajstić information content (AvgIpc) is 3.38. The van der Waals surface area contributed by atoms with Crippen LogP contribution < -0.4 is 15.6 Å². The summed E-state index contributed by atoms with van der Waals surface area (Å²) in [6.07, 6.45) is 4.69. The lowest BCUT2D eigenvalue weighted by molar-refractivity contribution is -0.129. The van der Waals surface area contributed by atoms with E-state index in [2.05, 4.69) is 15.8 Å². The van der Waals surface area contributed by atoms with E-state index in [1.54, 1.807) is 18.2 Å². The van der Waals surface area contributed by atoms with Gasteiger partial charge in [0.1, 0.15) is 5.75 Å². The van der Waals surface area contributed by atoms with E-state index in [4.69, 9.17) is 42.8 Å². The summed E-state index contributed by atoms with van der Waals surface area (Å²) in [4.78, 5) is 21.2. The third-order valence-corrected chi connectivity index (χ3v) is 7.49. The van der Waals surface area contributed by atoms with Gasteiger partial charge in [-0.05, 0) is 69.0 Å². The van der Waals surface area contributed by atoms with Gasteiger partial charge >= 0.3 is 0 Å². The molecule has 3 aromatic rings. The first-order valence-electron chi connectivity index (χ1n) is 14.3. The van der Waals surface area contributed by atoms with E-state index in [1.807, 2.05) is 80.8 Å². The minimum absolute atomic E-state index is 0.0603. The average molecular weight is 626 g/mol. The number of aliphatic hydroxyl groups excluding tert-OH is 1. The van der Waals surface area contributed by atoms with Crippen molar-refractivity contribution in [3.05, 3.63) is 106 Å². The Morgan fingerprint density at radius 1 is 1.09 bits per heavy atom. The van der Waals surface area contributed by atoms with E-state index in [1.165, 1.54) is 0 Å². The second-order valence-corrected chi connectivity index (χ2v) is 11.4. The molecule has 1 amide bonds. The monoisotopic (exact) mass is 624 g/mol. The number of hydrogen-bond donors (Lipinski definition) is 3. The molecular formula is C33H38Cl2N4O4. The fourth-order valence-corrected chi connectivity index (χ4v) is 5.19. The predicted octanol–water partition coefficient (Wildman–Crippen LogP) is 5.69. The highest BCUT2D eigenvalue weighted by atomic mass is 35.5. The number of rotatable bonds is 15. The summed E-state index contributed by atoms with van der Waals surface area (Å²) in [6.45, 7) is 1.93. The van der Waals surface area contributed by atoms with Crippen molar-refractivity contribution in [1.29, 1.82) is 0 Å². The molecule has 4 rings (SSSR count). The summed E-state index contributed by atoms with van der Waals surface area (Å²) in [7, 11) is 4.01. The van der Waals surface area contributed by atoms with Crippen LogP contribution in [0.15, 0.2) is 83.9 Å². The van der Waals surface area contributed by atoms with Crippen LogP contribution in [0.25, 0.3) is 6.08 Å². The largest absolute Gasteiger partial charge is 0.494 e. The van der Waals surface area contributed by atoms with Crippen LogP contribution in [-0.2, 0) is 9.53 Å². The van der Waals surface area contributed by atoms with Crippen LogP contribution in [0.4, 0.5) is 0 Å². The fourth-order valence-electron chi connectivity index (χ4n) is 4.68. The zero-order valence-electron chi connectivity index (χ0n) is 24.4. The van der Waals surface area contributed by atoms with Crippen molar-refractivity contribution in [2.45, 2.75) is 30.9 Å². The quantitative estimate of drug-likeness (QED) is 0.149. The van der Waals surface area contributed by atoms with Crippen LogP contribution >= 0.6 is 23.2 Å². The van der Waals surface area contributed by atoms with Crippen LogP contribution in [0, 0.1) is 0 Å². The van der Waals surface area contributed by atoms with Crippen LogP contribution in [0.5, 0.6) is 5.75 Å². The summed E-state index contributed by atoms with van der Waals surface area (Å²) < 4.78 is 12.2. The minimum atomic E-state index is -1.39. The molecule has 0 aliphatic carbocycles. The Balaban J connectivity index is 1.70. The number of amides is 1. The zero-order valence-corrected chi connectivity index (χ0v) is 25.9. The lowest BCUT2D eigenvalue weighted by Crippen LogP contribution is -2.52. The molecule has 0 fully saturated rings. The topological polar surface area (TPSA) is 95.4 Å². The fraction of sp³-hybridized carbons (Fsp3) is 0.333. The third kappa shape index (κ3) is 8.81. The molecule has 3 aromatic carbocycles. The van der Waals surface area contributed by atoms with Gasteiger partial charge in [-0.1, -0.05) is 71.8 Å². The lowest BCUT2D eigenvalue weighted by Gasteiger charge is -2.30. The first kappa shape index (κ1) is 32.5. The predicted molar refractivity (Wildman–Crippen MR) is 173 cm³/mol. The van der Waals surface area contributed by atoms with Gasteiger partial charge in [-0.3, -0.25) is 10.2 Å². The number of hydrazine groups is 1. The van der Waals surface area contributed by atoms with Crippen molar-refractivity contribution in [2.24, 2.45) is 4.99 Å². The molecular weight excluding hydrogens is 587 g/mol. The van der Waals surface area contributed by atoms with Crippen LogP contribution in [0.2, 0.25) is 10.0 Å². The third-order valence-electron chi connectivity index (χ3n) is 6.92. The van der Waals surface area contributed by atoms with Crippen molar-refractivity contribution >= 4 is 41.1 Å². The molecule has 2 atom stereocenters. The molecule has 1 aliphatic heterocycles. The number of hydrogen-bond acceptors (Lipinski definition) is 7. The molecule has 1 heterocycles. The van der Waals surface area contributed by atoms with Gasteiger partial charge in [0, 0.05) is 47.2 Å². The van der Waals surface area contributed by atoms with Crippen molar-refractivity contribution in [3.63, 3.8) is 0 Å². The van der Waals surface area contributed by atoms with Crippen LogP contribution in [-0.4, -0.2) is 67.7 Å². The Morgan fingerprint density at radius 2 is 1.86 bits per heavy atom. The molecule has 0 radical (unpaired) electrons. The Morgan fingerprint density at radius 3 is 2.56 bits per heavy atom. The Labute approximate surface area is 263 Å². The SMILES string of the molecule is CN(C)CCCNNC(=O)[C@@]1(C/C=C/c2ccccc2)N=C(c2ccc(OCCCO)cc2)O[C@H]1c1ccc(Cl)cc1Cl. The number of aliphatic imine (C=N–C) groups is 1. The summed E-state index contributed by atoms with van der Waals surface area (Å²) in [5, 5.41) is 9.89. The number of ether oxygens (including phenoxy) is 2. The molecule has 0 spiro atoms. The molecule has 0 saturated carbocycles. The maximum absolute atomic E-state index is 14.1. The number of aliphatic hydroxyl groups is 1. The summed E-state index contributed by atoms with van der Waals surface area (Å²) in [5.74, 6) is 0.628. The highest BCUT2D eigenvalue weighted by Gasteiger charge is 2.53. The Bertz CT molecular complexity index is 1400. The Kier molecular flexibility index (Phi) is 12.0. The lowest BCUT2D eigenvalue weighted by atomic mass is 9.84. The minimum Gasteiger partial charge on any atom is -0.494 e. The molecule has 1 aliphatic rings. The number of nitrogens with one attached hydrogen (secondary N) is 2. The molecule has 0 unspecified atom stereocenters. The van der Waals surface area contributed by atoms with Crippen molar-refractivity contribution in [2.75, 3.05) is 40.4 Å². The van der Waals surface area contributed by atoms with E-state index in [0.29, 0.717) is 52.4 Å². The van der Waals surface area contributed by atoms with Gasteiger partial charge in [-0.25, -0.2) is 10.4 Å². The Hall–Kier alpha value is -3.40. The molecule has 10 heteroatoms.